The molecule has 16 heteroatoms. The number of carbonyl (C=O) groups excluding carboxylic acids is 4. The molecule has 4 amide bonds. The van der Waals surface area contributed by atoms with E-state index >= 15 is 0 Å². The molecule has 2 aromatic rings. The number of alkyl carbamates (subject to hydrolysis) is 1. The minimum atomic E-state index is -4.21. The number of carbonyl (C=O) groups is 4. The van der Waals surface area contributed by atoms with Crippen LogP contribution in [0.5, 0.6) is 0 Å². The van der Waals surface area contributed by atoms with Crippen LogP contribution < -0.4 is 10.6 Å². The van der Waals surface area contributed by atoms with E-state index in [2.05, 4.69) is 10.6 Å². The number of hydrogen-bond donors (Lipinski definition) is 3. The van der Waals surface area contributed by atoms with Crippen LogP contribution in [-0.4, -0.2) is 95.3 Å². The zero-order valence-electron chi connectivity index (χ0n) is 33.8. The molecule has 2 fully saturated rings. The van der Waals surface area contributed by atoms with Gasteiger partial charge in [-0.2, -0.15) is 0 Å². The number of halogens is 1. The van der Waals surface area contributed by atoms with E-state index in [0.29, 0.717) is 17.0 Å². The number of aliphatic hydroxyl groups is 1. The van der Waals surface area contributed by atoms with Crippen LogP contribution in [0.4, 0.5) is 9.59 Å². The van der Waals surface area contributed by atoms with Crippen molar-refractivity contribution in [3.05, 3.63) is 70.7 Å². The van der Waals surface area contributed by atoms with Crippen molar-refractivity contribution in [3.8, 4) is 0 Å². The predicted octanol–water partition coefficient (Wildman–Crippen LogP) is 7.58. The Morgan fingerprint density at radius 1 is 0.947 bits per heavy atom. The van der Waals surface area contributed by atoms with Gasteiger partial charge in [0.1, 0.15) is 18.2 Å². The molecule has 3 N–H and O–H groups in total. The van der Waals surface area contributed by atoms with Crippen LogP contribution in [0, 0.1) is 5.92 Å². The van der Waals surface area contributed by atoms with Crippen molar-refractivity contribution in [1.29, 1.82) is 0 Å². The number of amides is 4. The van der Waals surface area contributed by atoms with Crippen LogP contribution in [0.3, 0.4) is 0 Å². The van der Waals surface area contributed by atoms with Crippen LogP contribution in [0.25, 0.3) is 0 Å². The van der Waals surface area contributed by atoms with E-state index in [0.717, 1.165) is 37.7 Å². The SMILES string of the molecule is CCOP(=O)(OCC)C(O)[C@H](CCC(=O)N1CCN(C(=O)OC(C)(C)C)C(c2ccccc2)C1)NC(=O)C(CC1CCCCC1)NC(=O)OCc1cccc(Cl)c1. The smallest absolute Gasteiger partial charge is 0.410 e. The second-order valence-corrected chi connectivity index (χ2v) is 18.1. The Balaban J connectivity index is 1.53. The van der Waals surface area contributed by atoms with Gasteiger partial charge in [-0.05, 0) is 76.6 Å². The van der Waals surface area contributed by atoms with Gasteiger partial charge in [-0.25, -0.2) is 9.59 Å². The lowest BCUT2D eigenvalue weighted by molar-refractivity contribution is -0.135. The van der Waals surface area contributed by atoms with Gasteiger partial charge >= 0.3 is 19.8 Å². The highest BCUT2D eigenvalue weighted by molar-refractivity contribution is 7.54. The van der Waals surface area contributed by atoms with Crippen molar-refractivity contribution in [2.75, 3.05) is 32.8 Å². The van der Waals surface area contributed by atoms with Crippen molar-refractivity contribution in [1.82, 2.24) is 20.4 Å². The van der Waals surface area contributed by atoms with Crippen LogP contribution >= 0.6 is 19.2 Å². The van der Waals surface area contributed by atoms with Gasteiger partial charge in [0.15, 0.2) is 5.85 Å². The van der Waals surface area contributed by atoms with E-state index in [1.54, 1.807) is 68.7 Å². The van der Waals surface area contributed by atoms with E-state index in [-0.39, 0.29) is 64.1 Å². The van der Waals surface area contributed by atoms with Crippen molar-refractivity contribution in [2.45, 2.75) is 122 Å². The molecule has 14 nitrogen and oxygen atoms in total. The van der Waals surface area contributed by atoms with Gasteiger partial charge in [0, 0.05) is 31.1 Å². The Kier molecular flexibility index (Phi) is 17.7. The number of hydrogen-bond acceptors (Lipinski definition) is 10. The van der Waals surface area contributed by atoms with Crippen molar-refractivity contribution < 1.29 is 47.4 Å². The molecule has 4 rings (SSSR count). The maximum Gasteiger partial charge on any atom is 0.410 e. The fourth-order valence-electron chi connectivity index (χ4n) is 7.24. The first-order valence-electron chi connectivity index (χ1n) is 20.0. The minimum Gasteiger partial charge on any atom is -0.445 e. The lowest BCUT2D eigenvalue weighted by Gasteiger charge is -2.42. The molecule has 0 aromatic heterocycles. The summed E-state index contributed by atoms with van der Waals surface area (Å²) >= 11 is 6.09. The second kappa shape index (κ2) is 21.9. The van der Waals surface area contributed by atoms with Crippen LogP contribution in [0.15, 0.2) is 54.6 Å². The highest BCUT2D eigenvalue weighted by Gasteiger charge is 2.43. The molecule has 1 saturated carbocycles. The molecule has 0 spiro atoms. The molecule has 1 heterocycles. The maximum absolute atomic E-state index is 14.1. The first kappa shape index (κ1) is 46.0. The summed E-state index contributed by atoms with van der Waals surface area (Å²) in [5.41, 5.74) is 0.789. The Morgan fingerprint density at radius 3 is 2.26 bits per heavy atom. The van der Waals surface area contributed by atoms with Gasteiger partial charge in [-0.1, -0.05) is 86.2 Å². The molecule has 1 saturated heterocycles. The number of benzene rings is 2. The summed E-state index contributed by atoms with van der Waals surface area (Å²) in [5.74, 6) is -2.61. The molecule has 2 aromatic carbocycles. The monoisotopic (exact) mass is 834 g/mol. The summed E-state index contributed by atoms with van der Waals surface area (Å²) in [5, 5.41) is 17.6. The van der Waals surface area contributed by atoms with Gasteiger partial charge in [0.2, 0.25) is 11.8 Å². The molecular weight excluding hydrogens is 775 g/mol. The van der Waals surface area contributed by atoms with Crippen LogP contribution in [-0.2, 0) is 39.3 Å². The summed E-state index contributed by atoms with van der Waals surface area (Å²) in [6, 6.07) is 13.4. The highest BCUT2D eigenvalue weighted by atomic mass is 35.5. The summed E-state index contributed by atoms with van der Waals surface area (Å²) in [7, 11) is -4.21. The zero-order valence-corrected chi connectivity index (χ0v) is 35.5. The molecular formula is C41H60ClN4O10P. The molecule has 0 radical (unpaired) electrons. The number of ether oxygens (including phenoxy) is 2. The molecule has 0 bridgehead atoms. The van der Waals surface area contributed by atoms with Gasteiger partial charge in [0.05, 0.1) is 25.3 Å². The van der Waals surface area contributed by atoms with E-state index < -0.39 is 55.3 Å². The minimum absolute atomic E-state index is 0.0406. The summed E-state index contributed by atoms with van der Waals surface area (Å²) < 4.78 is 36.0. The topological polar surface area (TPSA) is 173 Å². The average Bonchev–Trinajstić information content (AvgIpc) is 3.18. The number of rotatable bonds is 17. The summed E-state index contributed by atoms with van der Waals surface area (Å²) in [6.07, 6.45) is 3.61. The zero-order chi connectivity index (χ0) is 41.6. The molecule has 3 unspecified atom stereocenters. The fourth-order valence-corrected chi connectivity index (χ4v) is 9.22. The third-order valence-corrected chi connectivity index (χ3v) is 12.5. The second-order valence-electron chi connectivity index (χ2n) is 15.5. The van der Waals surface area contributed by atoms with Crippen molar-refractivity contribution >= 4 is 43.2 Å². The lowest BCUT2D eigenvalue weighted by atomic mass is 9.84. The molecule has 57 heavy (non-hydrogen) atoms. The van der Waals surface area contributed by atoms with Gasteiger partial charge < -0.3 is 39.2 Å². The number of piperazine rings is 1. The molecule has 4 atom stereocenters. The first-order chi connectivity index (χ1) is 27.1. The van der Waals surface area contributed by atoms with Gasteiger partial charge in [-0.15, -0.1) is 0 Å². The standard InChI is InChI=1S/C41H60ClN4O10P/c1-6-54-57(52,55-7-2)38(49)33(21-22-36(47)45-23-24-46(40(51)56-41(3,4)5)35(27-45)31-18-12-9-13-19-31)43-37(48)34(26-29-15-10-8-11-16-29)44-39(50)53-28-30-17-14-20-32(42)25-30/h9,12-14,17-20,25,29,33-35,38,49H,6-8,10-11,15-16,21-24,26-28H2,1-5H3,(H,43,48)(H,44,50)/t33-,34?,35?,38?/m0/s1. The van der Waals surface area contributed by atoms with Crippen molar-refractivity contribution in [2.24, 2.45) is 5.92 Å². The number of nitrogens with one attached hydrogen (secondary N) is 2. The molecule has 316 valence electrons. The Hall–Kier alpha value is -3.68. The van der Waals surface area contributed by atoms with E-state index in [9.17, 15) is 28.8 Å². The van der Waals surface area contributed by atoms with Gasteiger partial charge in [-0.3, -0.25) is 19.1 Å². The fraction of sp³-hybridized carbons (Fsp3) is 0.610. The largest absolute Gasteiger partial charge is 0.445 e. The first-order valence-corrected chi connectivity index (χ1v) is 22.0. The lowest BCUT2D eigenvalue weighted by Crippen LogP contribution is -2.54. The number of nitrogens with zero attached hydrogens (tertiary/aromatic N) is 2. The average molecular weight is 835 g/mol. The van der Waals surface area contributed by atoms with E-state index in [1.165, 1.54) is 0 Å². The molecule has 2 aliphatic rings. The third kappa shape index (κ3) is 14.3. The summed E-state index contributed by atoms with van der Waals surface area (Å²) in [4.78, 5) is 57.7. The van der Waals surface area contributed by atoms with Crippen molar-refractivity contribution in [3.63, 3.8) is 0 Å². The Bertz CT molecular complexity index is 1660. The third-order valence-electron chi connectivity index (χ3n) is 10.0. The van der Waals surface area contributed by atoms with Crippen LogP contribution in [0.1, 0.15) is 103 Å². The Labute approximate surface area is 341 Å². The normalized spacial score (nSPS) is 18.3. The Morgan fingerprint density at radius 2 is 1.63 bits per heavy atom. The summed E-state index contributed by atoms with van der Waals surface area (Å²) in [6.45, 7) is 9.07. The van der Waals surface area contributed by atoms with E-state index in [1.807, 2.05) is 30.3 Å². The van der Waals surface area contributed by atoms with Crippen LogP contribution in [0.2, 0.25) is 5.02 Å². The van der Waals surface area contributed by atoms with Gasteiger partial charge in [0.25, 0.3) is 0 Å². The molecule has 1 aliphatic carbocycles. The van der Waals surface area contributed by atoms with E-state index in [4.69, 9.17) is 30.1 Å². The number of aliphatic hydroxyl groups excluding tert-OH is 1. The predicted molar refractivity (Wildman–Crippen MR) is 216 cm³/mol. The quantitative estimate of drug-likeness (QED) is 0.135. The maximum atomic E-state index is 14.1. The highest BCUT2D eigenvalue weighted by Crippen LogP contribution is 2.53. The molecule has 1 aliphatic heterocycles.